The molecule has 0 aliphatic heterocycles. The summed E-state index contributed by atoms with van der Waals surface area (Å²) < 4.78 is 0. The molecule has 1 rings (SSSR count). The Morgan fingerprint density at radius 2 is 2.75 bits per heavy atom. The van der Waals surface area contributed by atoms with Gasteiger partial charge in [0.15, 0.2) is 0 Å². The second-order valence-electron chi connectivity index (χ2n) is 1.34. The summed E-state index contributed by atoms with van der Waals surface area (Å²) in [4.78, 5) is 9.79. The third-order valence-electron chi connectivity index (χ3n) is 0.760. The van der Waals surface area contributed by atoms with E-state index in [-0.39, 0.29) is 0 Å². The van der Waals surface area contributed by atoms with Gasteiger partial charge in [-0.05, 0) is 0 Å². The van der Waals surface area contributed by atoms with Gasteiger partial charge in [0.25, 0.3) is 0 Å². The predicted octanol–water partition coefficient (Wildman–Crippen LogP) is -0.454. The topological polar surface area (TPSA) is 58.6 Å². The first-order chi connectivity index (χ1) is 3.93. The van der Waals surface area contributed by atoms with E-state index in [1.54, 1.807) is 6.20 Å². The minimum atomic E-state index is 0.344. The van der Waals surface area contributed by atoms with Crippen LogP contribution in [0.2, 0.25) is 0 Å². The van der Waals surface area contributed by atoms with E-state index in [9.17, 15) is 4.79 Å². The molecular formula is C4H5N3O. The van der Waals surface area contributed by atoms with Crippen LogP contribution < -0.4 is 0 Å². The fraction of sp³-hybridized carbons (Fsp3) is 0.250. The monoisotopic (exact) mass is 111 g/mol. The molecule has 4 heteroatoms. The standard InChI is InChI=1S/C4H5N3O/c8-2-1-4-3-5-7-6-4/h2-3H,1H2,(H,5,6,7). The van der Waals surface area contributed by atoms with Crippen LogP contribution in [0.5, 0.6) is 0 Å². The van der Waals surface area contributed by atoms with Crippen LogP contribution in [0.1, 0.15) is 5.69 Å². The minimum absolute atomic E-state index is 0.344. The van der Waals surface area contributed by atoms with E-state index in [2.05, 4.69) is 15.4 Å². The second-order valence-corrected chi connectivity index (χ2v) is 1.34. The molecule has 0 aliphatic carbocycles. The Balaban J connectivity index is 2.62. The fourth-order valence-corrected chi connectivity index (χ4v) is 0.410. The van der Waals surface area contributed by atoms with Crippen molar-refractivity contribution >= 4 is 6.29 Å². The second kappa shape index (κ2) is 2.20. The maximum atomic E-state index is 9.79. The highest BCUT2D eigenvalue weighted by Crippen LogP contribution is 1.84. The largest absolute Gasteiger partial charge is 0.303 e. The Bertz CT molecular complexity index is 158. The van der Waals surface area contributed by atoms with Crippen molar-refractivity contribution in [1.29, 1.82) is 0 Å². The molecule has 0 saturated carbocycles. The number of nitrogens with zero attached hydrogens (tertiary/aromatic N) is 2. The molecule has 0 radical (unpaired) electrons. The number of hydrogen-bond donors (Lipinski definition) is 1. The van der Waals surface area contributed by atoms with Gasteiger partial charge in [0, 0.05) is 12.6 Å². The fourth-order valence-electron chi connectivity index (χ4n) is 0.410. The van der Waals surface area contributed by atoms with Crippen LogP contribution in [0.3, 0.4) is 0 Å². The highest BCUT2D eigenvalue weighted by atomic mass is 16.1. The molecule has 4 nitrogen and oxygen atoms in total. The first kappa shape index (κ1) is 4.96. The first-order valence-electron chi connectivity index (χ1n) is 2.22. The lowest BCUT2D eigenvalue weighted by atomic mass is 10.4. The predicted molar refractivity (Wildman–Crippen MR) is 26.2 cm³/mol. The quantitative estimate of drug-likeness (QED) is 0.525. The molecule has 0 fully saturated rings. The summed E-state index contributed by atoms with van der Waals surface area (Å²) >= 11 is 0. The molecule has 8 heavy (non-hydrogen) atoms. The Labute approximate surface area is 45.9 Å². The van der Waals surface area contributed by atoms with Gasteiger partial charge in [-0.25, -0.2) is 0 Å². The van der Waals surface area contributed by atoms with Crippen LogP contribution in [0.25, 0.3) is 0 Å². The molecule has 1 aromatic heterocycles. The number of H-pyrrole nitrogens is 1. The zero-order chi connectivity index (χ0) is 5.82. The van der Waals surface area contributed by atoms with Gasteiger partial charge >= 0.3 is 0 Å². The average molecular weight is 111 g/mol. The lowest BCUT2D eigenvalue weighted by molar-refractivity contribution is -0.107. The van der Waals surface area contributed by atoms with Crippen LogP contribution in [0.15, 0.2) is 6.20 Å². The van der Waals surface area contributed by atoms with Gasteiger partial charge < -0.3 is 4.79 Å². The summed E-state index contributed by atoms with van der Waals surface area (Å²) in [5.74, 6) is 0. The lowest BCUT2D eigenvalue weighted by Gasteiger charge is -1.74. The van der Waals surface area contributed by atoms with Crippen molar-refractivity contribution in [2.75, 3.05) is 0 Å². The Morgan fingerprint density at radius 3 is 3.25 bits per heavy atom. The molecule has 0 aliphatic rings. The third-order valence-corrected chi connectivity index (χ3v) is 0.760. The van der Waals surface area contributed by atoms with Crippen molar-refractivity contribution in [2.24, 2.45) is 0 Å². The number of nitrogens with one attached hydrogen (secondary N) is 1. The number of aromatic nitrogens is 3. The Kier molecular flexibility index (Phi) is 1.37. The Morgan fingerprint density at radius 1 is 1.88 bits per heavy atom. The molecule has 42 valence electrons. The van der Waals surface area contributed by atoms with Gasteiger partial charge in [-0.15, -0.1) is 5.10 Å². The van der Waals surface area contributed by atoms with Crippen LogP contribution in [0.4, 0.5) is 0 Å². The number of aldehydes is 1. The maximum absolute atomic E-state index is 9.79. The van der Waals surface area contributed by atoms with Crippen LogP contribution in [0, 0.1) is 0 Å². The molecule has 0 bridgehead atoms. The number of carbonyl (C=O) groups excluding carboxylic acids is 1. The molecule has 0 atom stereocenters. The third kappa shape index (κ3) is 0.900. The minimum Gasteiger partial charge on any atom is -0.303 e. The molecule has 1 aromatic rings. The van der Waals surface area contributed by atoms with Crippen molar-refractivity contribution < 1.29 is 4.79 Å². The van der Waals surface area contributed by atoms with Gasteiger partial charge in [-0.2, -0.15) is 0 Å². The smallest absolute Gasteiger partial charge is 0.126 e. The molecule has 1 heterocycles. The van der Waals surface area contributed by atoms with Gasteiger partial charge in [0.05, 0.1) is 5.69 Å². The number of carbonyl (C=O) groups is 1. The van der Waals surface area contributed by atoms with E-state index in [0.29, 0.717) is 12.1 Å². The molecule has 1 N–H and O–H groups in total. The average Bonchev–Trinajstić information content (AvgIpc) is 2.19. The molecular weight excluding hydrogens is 106 g/mol. The van der Waals surface area contributed by atoms with E-state index < -0.39 is 0 Å². The van der Waals surface area contributed by atoms with E-state index in [4.69, 9.17) is 0 Å². The van der Waals surface area contributed by atoms with Gasteiger partial charge in [-0.1, -0.05) is 5.21 Å². The van der Waals surface area contributed by atoms with Crippen molar-refractivity contribution in [3.8, 4) is 0 Å². The summed E-state index contributed by atoms with van der Waals surface area (Å²) in [6, 6.07) is 0. The SMILES string of the molecule is O=CCc1c[nH]nn1. The van der Waals surface area contributed by atoms with Crippen LogP contribution >= 0.6 is 0 Å². The molecule has 0 saturated heterocycles. The van der Waals surface area contributed by atoms with E-state index in [0.717, 1.165) is 6.29 Å². The van der Waals surface area contributed by atoms with Gasteiger partial charge in [0.1, 0.15) is 6.29 Å². The molecule has 0 unspecified atom stereocenters. The molecule has 0 amide bonds. The lowest BCUT2D eigenvalue weighted by Crippen LogP contribution is -1.83. The van der Waals surface area contributed by atoms with Gasteiger partial charge in [-0.3, -0.25) is 5.10 Å². The summed E-state index contributed by atoms with van der Waals surface area (Å²) in [7, 11) is 0. The summed E-state index contributed by atoms with van der Waals surface area (Å²) in [6.45, 7) is 0. The normalized spacial score (nSPS) is 9.00. The van der Waals surface area contributed by atoms with Crippen molar-refractivity contribution in [3.63, 3.8) is 0 Å². The summed E-state index contributed by atoms with van der Waals surface area (Å²) in [5.41, 5.74) is 0.681. The highest BCUT2D eigenvalue weighted by molar-refractivity contribution is 5.53. The number of hydrogen-bond acceptors (Lipinski definition) is 3. The number of aromatic amines is 1. The Hall–Kier alpha value is -1.19. The van der Waals surface area contributed by atoms with Crippen molar-refractivity contribution in [3.05, 3.63) is 11.9 Å². The zero-order valence-electron chi connectivity index (χ0n) is 4.16. The van der Waals surface area contributed by atoms with Gasteiger partial charge in [0.2, 0.25) is 0 Å². The number of rotatable bonds is 2. The van der Waals surface area contributed by atoms with Crippen LogP contribution in [-0.2, 0) is 11.2 Å². The first-order valence-corrected chi connectivity index (χ1v) is 2.22. The summed E-state index contributed by atoms with van der Waals surface area (Å²) in [5, 5.41) is 9.47. The molecule has 0 spiro atoms. The highest BCUT2D eigenvalue weighted by Gasteiger charge is 1.89. The van der Waals surface area contributed by atoms with E-state index in [1.165, 1.54) is 0 Å². The van der Waals surface area contributed by atoms with E-state index >= 15 is 0 Å². The van der Waals surface area contributed by atoms with Crippen LogP contribution in [-0.4, -0.2) is 21.7 Å². The van der Waals surface area contributed by atoms with Crippen molar-refractivity contribution in [1.82, 2.24) is 15.4 Å². The van der Waals surface area contributed by atoms with Crippen molar-refractivity contribution in [2.45, 2.75) is 6.42 Å². The molecule has 0 aromatic carbocycles. The van der Waals surface area contributed by atoms with E-state index in [1.807, 2.05) is 0 Å². The zero-order valence-corrected chi connectivity index (χ0v) is 4.16. The summed E-state index contributed by atoms with van der Waals surface area (Å²) in [6.07, 6.45) is 2.72. The maximum Gasteiger partial charge on any atom is 0.126 e.